The van der Waals surface area contributed by atoms with Gasteiger partial charge in [-0.2, -0.15) is 0 Å². The number of hydrogen-bond donors (Lipinski definition) is 0. The maximum absolute atomic E-state index is 12.6. The van der Waals surface area contributed by atoms with Crippen molar-refractivity contribution >= 4 is 23.6 Å². The van der Waals surface area contributed by atoms with Gasteiger partial charge in [-0.3, -0.25) is 24.1 Å². The van der Waals surface area contributed by atoms with Crippen LogP contribution < -0.4 is 4.74 Å². The van der Waals surface area contributed by atoms with Gasteiger partial charge in [-0.1, -0.05) is 0 Å². The molecule has 1 aromatic rings. The summed E-state index contributed by atoms with van der Waals surface area (Å²) in [5, 5.41) is 0. The van der Waals surface area contributed by atoms with Gasteiger partial charge in [-0.25, -0.2) is 0 Å². The zero-order valence-electron chi connectivity index (χ0n) is 15.1. The summed E-state index contributed by atoms with van der Waals surface area (Å²) in [6.07, 6.45) is 2.92. The number of fused-ring (bicyclic) bond motifs is 5. The van der Waals surface area contributed by atoms with Gasteiger partial charge in [0.15, 0.2) is 12.4 Å². The summed E-state index contributed by atoms with van der Waals surface area (Å²) in [7, 11) is 1.53. The zero-order valence-corrected chi connectivity index (χ0v) is 15.1. The van der Waals surface area contributed by atoms with Crippen LogP contribution in [-0.2, 0) is 19.1 Å². The van der Waals surface area contributed by atoms with E-state index in [0.29, 0.717) is 11.3 Å². The van der Waals surface area contributed by atoms with E-state index in [2.05, 4.69) is 0 Å². The van der Waals surface area contributed by atoms with Crippen LogP contribution in [0, 0.1) is 23.7 Å². The number of imide groups is 1. The van der Waals surface area contributed by atoms with Gasteiger partial charge >= 0.3 is 5.97 Å². The predicted octanol–water partition coefficient (Wildman–Crippen LogP) is 1.45. The van der Waals surface area contributed by atoms with E-state index < -0.39 is 19.1 Å². The van der Waals surface area contributed by atoms with Gasteiger partial charge in [0, 0.05) is 5.56 Å². The summed E-state index contributed by atoms with van der Waals surface area (Å²) in [6, 6.07) is 6.45. The fourth-order valence-electron chi connectivity index (χ4n) is 4.81. The van der Waals surface area contributed by atoms with Gasteiger partial charge in [0.2, 0.25) is 11.8 Å². The van der Waals surface area contributed by atoms with Crippen molar-refractivity contribution in [2.45, 2.75) is 19.3 Å². The predicted molar refractivity (Wildman–Crippen MR) is 92.8 cm³/mol. The Kier molecular flexibility index (Phi) is 4.45. The first-order chi connectivity index (χ1) is 13.0. The van der Waals surface area contributed by atoms with Crippen LogP contribution in [-0.4, -0.2) is 48.7 Å². The Morgan fingerprint density at radius 3 is 2.19 bits per heavy atom. The van der Waals surface area contributed by atoms with E-state index in [1.165, 1.54) is 7.11 Å². The molecule has 2 saturated carbocycles. The van der Waals surface area contributed by atoms with Crippen LogP contribution in [0.2, 0.25) is 0 Å². The molecular formula is C20H21NO6. The molecule has 27 heavy (non-hydrogen) atoms. The van der Waals surface area contributed by atoms with Gasteiger partial charge in [0.1, 0.15) is 12.3 Å². The molecule has 1 aliphatic heterocycles. The lowest BCUT2D eigenvalue weighted by Crippen LogP contribution is -2.38. The van der Waals surface area contributed by atoms with Crippen LogP contribution in [0.3, 0.4) is 0 Å². The normalized spacial score (nSPS) is 28.4. The molecule has 4 rings (SSSR count). The molecule has 0 spiro atoms. The van der Waals surface area contributed by atoms with Crippen molar-refractivity contribution in [3.05, 3.63) is 29.8 Å². The molecule has 1 aromatic carbocycles. The third-order valence-corrected chi connectivity index (χ3v) is 6.08. The molecule has 4 unspecified atom stereocenters. The van der Waals surface area contributed by atoms with Crippen LogP contribution >= 0.6 is 0 Å². The lowest BCUT2D eigenvalue weighted by atomic mass is 9.81. The minimum atomic E-state index is -0.745. The van der Waals surface area contributed by atoms with E-state index in [9.17, 15) is 19.2 Å². The summed E-state index contributed by atoms with van der Waals surface area (Å²) < 4.78 is 10.0. The molecule has 2 amide bonds. The number of likely N-dealkylation sites (tertiary alicyclic amines) is 1. The van der Waals surface area contributed by atoms with E-state index in [4.69, 9.17) is 9.47 Å². The van der Waals surface area contributed by atoms with E-state index in [1.54, 1.807) is 24.3 Å². The first kappa shape index (κ1) is 17.7. The van der Waals surface area contributed by atoms with Crippen molar-refractivity contribution < 1.29 is 28.7 Å². The highest BCUT2D eigenvalue weighted by molar-refractivity contribution is 6.08. The second kappa shape index (κ2) is 6.79. The highest BCUT2D eigenvalue weighted by Gasteiger charge is 2.61. The van der Waals surface area contributed by atoms with Crippen molar-refractivity contribution in [2.24, 2.45) is 23.7 Å². The van der Waals surface area contributed by atoms with Crippen molar-refractivity contribution in [1.82, 2.24) is 4.90 Å². The summed E-state index contributed by atoms with van der Waals surface area (Å²) in [5.41, 5.74) is 0.392. The van der Waals surface area contributed by atoms with Crippen LogP contribution in [0.1, 0.15) is 29.6 Å². The third kappa shape index (κ3) is 3.01. The van der Waals surface area contributed by atoms with Crippen molar-refractivity contribution in [2.75, 3.05) is 20.3 Å². The molecule has 3 aliphatic rings. The summed E-state index contributed by atoms with van der Waals surface area (Å²) >= 11 is 0. The van der Waals surface area contributed by atoms with E-state index >= 15 is 0 Å². The average molecular weight is 371 g/mol. The molecule has 4 atom stereocenters. The number of methoxy groups -OCH3 is 1. The maximum atomic E-state index is 12.6. The molecule has 7 heteroatoms. The molecule has 0 radical (unpaired) electrons. The highest BCUT2D eigenvalue weighted by atomic mass is 16.5. The molecule has 1 saturated heterocycles. The Morgan fingerprint density at radius 2 is 1.63 bits per heavy atom. The number of ketones is 1. The summed E-state index contributed by atoms with van der Waals surface area (Å²) in [5.74, 6) is -0.968. The number of rotatable bonds is 6. The minimum Gasteiger partial charge on any atom is -0.497 e. The van der Waals surface area contributed by atoms with Gasteiger partial charge in [-0.15, -0.1) is 0 Å². The molecule has 0 N–H and O–H groups in total. The summed E-state index contributed by atoms with van der Waals surface area (Å²) in [6.45, 7) is -0.848. The maximum Gasteiger partial charge on any atom is 0.326 e. The minimum absolute atomic E-state index is 0.254. The number of esters is 1. The number of amides is 2. The molecule has 7 nitrogen and oxygen atoms in total. The second-order valence-electron chi connectivity index (χ2n) is 7.46. The molecule has 1 heterocycles. The quantitative estimate of drug-likeness (QED) is 0.427. The monoisotopic (exact) mass is 371 g/mol. The number of benzene rings is 1. The van der Waals surface area contributed by atoms with E-state index in [1.807, 2.05) is 0 Å². The first-order valence-electron chi connectivity index (χ1n) is 9.17. The van der Waals surface area contributed by atoms with Crippen molar-refractivity contribution in [3.63, 3.8) is 0 Å². The lowest BCUT2D eigenvalue weighted by Gasteiger charge is -2.19. The molecule has 2 bridgehead atoms. The third-order valence-electron chi connectivity index (χ3n) is 6.08. The largest absolute Gasteiger partial charge is 0.497 e. The van der Waals surface area contributed by atoms with Gasteiger partial charge in [0.25, 0.3) is 0 Å². The first-order valence-corrected chi connectivity index (χ1v) is 9.17. The Labute approximate surface area is 156 Å². The smallest absolute Gasteiger partial charge is 0.326 e. The Morgan fingerprint density at radius 1 is 1.04 bits per heavy atom. The molecular weight excluding hydrogens is 350 g/mol. The van der Waals surface area contributed by atoms with Crippen LogP contribution in [0.5, 0.6) is 5.75 Å². The number of Topliss-reactive ketones (excluding diaryl/α,β-unsaturated/α-hetero) is 1. The van der Waals surface area contributed by atoms with Crippen LogP contribution in [0.4, 0.5) is 0 Å². The van der Waals surface area contributed by atoms with E-state index in [0.717, 1.165) is 24.2 Å². The molecule has 0 aromatic heterocycles. The number of nitrogens with zero attached hydrogens (tertiary/aromatic N) is 1. The highest BCUT2D eigenvalue weighted by Crippen LogP contribution is 2.56. The van der Waals surface area contributed by atoms with Gasteiger partial charge in [-0.05, 0) is 55.4 Å². The van der Waals surface area contributed by atoms with Crippen molar-refractivity contribution in [1.29, 1.82) is 0 Å². The Balaban J connectivity index is 1.32. The fourth-order valence-corrected chi connectivity index (χ4v) is 4.81. The number of carbonyl (C=O) groups excluding carboxylic acids is 4. The van der Waals surface area contributed by atoms with Gasteiger partial charge in [0.05, 0.1) is 18.9 Å². The Hall–Kier alpha value is -2.70. The SMILES string of the molecule is COc1ccc(C(=O)COC(=O)CN2C(=O)C3C4CCC(C4)C3C2=O)cc1. The Bertz CT molecular complexity index is 773. The van der Waals surface area contributed by atoms with E-state index in [-0.39, 0.29) is 41.3 Å². The molecule has 142 valence electrons. The molecule has 2 aliphatic carbocycles. The number of carbonyl (C=O) groups is 4. The standard InChI is InChI=1S/C20H21NO6/c1-26-14-6-4-11(5-7-14)15(22)10-27-16(23)9-21-19(24)17-12-2-3-13(8-12)18(17)20(21)25/h4-7,12-13,17-18H,2-3,8-10H2,1H3. The lowest BCUT2D eigenvalue weighted by molar-refractivity contribution is -0.152. The zero-order chi connectivity index (χ0) is 19.1. The van der Waals surface area contributed by atoms with Crippen molar-refractivity contribution in [3.8, 4) is 5.75 Å². The average Bonchev–Trinajstić information content (AvgIpc) is 3.36. The molecule has 3 fully saturated rings. The summed E-state index contributed by atoms with van der Waals surface area (Å²) in [4.78, 5) is 50.3. The van der Waals surface area contributed by atoms with Gasteiger partial charge < -0.3 is 9.47 Å². The second-order valence-corrected chi connectivity index (χ2v) is 7.46. The number of hydrogen-bond acceptors (Lipinski definition) is 6. The van der Waals surface area contributed by atoms with Crippen LogP contribution in [0.15, 0.2) is 24.3 Å². The number of ether oxygens (including phenoxy) is 2. The fraction of sp³-hybridized carbons (Fsp3) is 0.500. The van der Waals surface area contributed by atoms with Crippen LogP contribution in [0.25, 0.3) is 0 Å². The topological polar surface area (TPSA) is 90.0 Å².